The zero-order chi connectivity index (χ0) is 16.5. The van der Waals surface area contributed by atoms with Crippen molar-refractivity contribution in [3.63, 3.8) is 0 Å². The second-order valence-corrected chi connectivity index (χ2v) is 6.35. The summed E-state index contributed by atoms with van der Waals surface area (Å²) in [6.45, 7) is 1.90. The van der Waals surface area contributed by atoms with Crippen molar-refractivity contribution in [3.05, 3.63) is 59.4 Å². The van der Waals surface area contributed by atoms with Crippen molar-refractivity contribution < 1.29 is 9.18 Å². The number of rotatable bonds is 3. The highest BCUT2D eigenvalue weighted by atomic mass is 19.1. The highest BCUT2D eigenvalue weighted by Gasteiger charge is 2.31. The molecule has 1 saturated heterocycles. The minimum Gasteiger partial charge on any atom is -0.328 e. The number of benzene rings is 1. The van der Waals surface area contributed by atoms with Gasteiger partial charge >= 0.3 is 0 Å². The van der Waals surface area contributed by atoms with Gasteiger partial charge in [-0.15, -0.1) is 0 Å². The SMILES string of the molecule is O=C(c1ccnc(C2CC2)n1)N1CCNCC1c1cccc(F)c1. The molecule has 1 aliphatic heterocycles. The number of aromatic nitrogens is 2. The van der Waals surface area contributed by atoms with E-state index in [1.165, 1.54) is 12.1 Å². The van der Waals surface area contributed by atoms with Gasteiger partial charge in [-0.05, 0) is 36.6 Å². The molecule has 2 fully saturated rings. The van der Waals surface area contributed by atoms with Crippen LogP contribution in [0.1, 0.15) is 46.7 Å². The maximum atomic E-state index is 13.6. The van der Waals surface area contributed by atoms with E-state index in [0.717, 1.165) is 30.8 Å². The van der Waals surface area contributed by atoms with Crippen molar-refractivity contribution in [2.75, 3.05) is 19.6 Å². The van der Waals surface area contributed by atoms with Crippen molar-refractivity contribution in [3.8, 4) is 0 Å². The maximum Gasteiger partial charge on any atom is 0.273 e. The molecule has 1 N–H and O–H groups in total. The van der Waals surface area contributed by atoms with Crippen molar-refractivity contribution in [2.45, 2.75) is 24.8 Å². The Balaban J connectivity index is 1.62. The zero-order valence-electron chi connectivity index (χ0n) is 13.3. The van der Waals surface area contributed by atoms with Gasteiger partial charge in [0.15, 0.2) is 0 Å². The molecule has 1 aromatic carbocycles. The third kappa shape index (κ3) is 3.01. The zero-order valence-corrected chi connectivity index (χ0v) is 13.3. The maximum absolute atomic E-state index is 13.6. The van der Waals surface area contributed by atoms with Crippen LogP contribution in [-0.2, 0) is 0 Å². The van der Waals surface area contributed by atoms with Gasteiger partial charge in [-0.3, -0.25) is 4.79 Å². The molecule has 0 bridgehead atoms. The molecule has 1 saturated carbocycles. The van der Waals surface area contributed by atoms with E-state index in [0.29, 0.717) is 24.7 Å². The Morgan fingerprint density at radius 2 is 2.17 bits per heavy atom. The van der Waals surface area contributed by atoms with E-state index in [-0.39, 0.29) is 17.8 Å². The van der Waals surface area contributed by atoms with E-state index in [4.69, 9.17) is 0 Å². The van der Waals surface area contributed by atoms with Gasteiger partial charge in [-0.2, -0.15) is 0 Å². The highest BCUT2D eigenvalue weighted by Crippen LogP contribution is 2.37. The van der Waals surface area contributed by atoms with Crippen molar-refractivity contribution in [2.24, 2.45) is 0 Å². The standard InChI is InChI=1S/C18H19FN4O/c19-14-3-1-2-13(10-14)16-11-20-8-9-23(16)18(24)15-6-7-21-17(22-15)12-4-5-12/h1-3,6-7,10,12,16,20H,4-5,8-9,11H2. The lowest BCUT2D eigenvalue weighted by molar-refractivity contribution is 0.0627. The van der Waals surface area contributed by atoms with Gasteiger partial charge in [-0.25, -0.2) is 14.4 Å². The van der Waals surface area contributed by atoms with Crippen LogP contribution in [0.4, 0.5) is 4.39 Å². The van der Waals surface area contributed by atoms with Gasteiger partial charge in [0.05, 0.1) is 6.04 Å². The Labute approximate surface area is 139 Å². The van der Waals surface area contributed by atoms with Crippen molar-refractivity contribution >= 4 is 5.91 Å². The van der Waals surface area contributed by atoms with E-state index in [9.17, 15) is 9.18 Å². The molecular formula is C18H19FN4O. The third-order valence-corrected chi connectivity index (χ3v) is 4.57. The van der Waals surface area contributed by atoms with E-state index in [1.54, 1.807) is 23.2 Å². The number of hydrogen-bond acceptors (Lipinski definition) is 4. The molecule has 24 heavy (non-hydrogen) atoms. The first-order valence-corrected chi connectivity index (χ1v) is 8.32. The second kappa shape index (κ2) is 6.28. The van der Waals surface area contributed by atoms with Gasteiger partial charge in [0.1, 0.15) is 17.3 Å². The second-order valence-electron chi connectivity index (χ2n) is 6.35. The van der Waals surface area contributed by atoms with Crippen LogP contribution in [-0.4, -0.2) is 40.4 Å². The first-order valence-electron chi connectivity index (χ1n) is 8.32. The van der Waals surface area contributed by atoms with Crippen molar-refractivity contribution in [1.82, 2.24) is 20.2 Å². The minimum absolute atomic E-state index is 0.116. The molecule has 0 spiro atoms. The summed E-state index contributed by atoms with van der Waals surface area (Å²) in [5, 5.41) is 3.28. The number of amides is 1. The fourth-order valence-electron chi connectivity index (χ4n) is 3.14. The van der Waals surface area contributed by atoms with Gasteiger partial charge in [0.2, 0.25) is 0 Å². The molecule has 1 unspecified atom stereocenters. The lowest BCUT2D eigenvalue weighted by Crippen LogP contribution is -2.49. The molecule has 1 aliphatic carbocycles. The summed E-state index contributed by atoms with van der Waals surface area (Å²) in [5.41, 5.74) is 1.22. The molecule has 2 aliphatic rings. The normalized spacial score (nSPS) is 20.9. The van der Waals surface area contributed by atoms with E-state index < -0.39 is 0 Å². The number of carbonyl (C=O) groups excluding carboxylic acids is 1. The molecule has 2 aromatic rings. The summed E-state index contributed by atoms with van der Waals surface area (Å²) < 4.78 is 13.6. The third-order valence-electron chi connectivity index (χ3n) is 4.57. The monoisotopic (exact) mass is 326 g/mol. The Kier molecular flexibility index (Phi) is 3.98. The largest absolute Gasteiger partial charge is 0.328 e. The summed E-state index contributed by atoms with van der Waals surface area (Å²) in [5.74, 6) is 0.761. The van der Waals surface area contributed by atoms with Crippen LogP contribution >= 0.6 is 0 Å². The van der Waals surface area contributed by atoms with Crippen LogP contribution in [0.3, 0.4) is 0 Å². The minimum atomic E-state index is -0.288. The van der Waals surface area contributed by atoms with Crippen molar-refractivity contribution in [1.29, 1.82) is 0 Å². The number of carbonyl (C=O) groups is 1. The predicted molar refractivity (Wildman–Crippen MR) is 87.1 cm³/mol. The number of nitrogens with zero attached hydrogens (tertiary/aromatic N) is 3. The van der Waals surface area contributed by atoms with Gasteiger partial charge in [-0.1, -0.05) is 12.1 Å². The Morgan fingerprint density at radius 1 is 1.29 bits per heavy atom. The number of hydrogen-bond donors (Lipinski definition) is 1. The van der Waals surface area contributed by atoms with Crippen LogP contribution in [0.2, 0.25) is 0 Å². The number of piperazine rings is 1. The van der Waals surface area contributed by atoms with Crippen LogP contribution in [0.5, 0.6) is 0 Å². The number of halogens is 1. The summed E-state index contributed by atoms with van der Waals surface area (Å²) in [7, 11) is 0. The van der Waals surface area contributed by atoms with Gasteiger partial charge in [0, 0.05) is 31.7 Å². The molecule has 124 valence electrons. The molecule has 5 nitrogen and oxygen atoms in total. The molecule has 0 radical (unpaired) electrons. The first kappa shape index (κ1) is 15.2. The van der Waals surface area contributed by atoms with E-state index in [1.807, 2.05) is 6.07 Å². The Hall–Kier alpha value is -2.34. The molecule has 2 heterocycles. The molecule has 6 heteroatoms. The van der Waals surface area contributed by atoms with E-state index >= 15 is 0 Å². The average molecular weight is 326 g/mol. The summed E-state index contributed by atoms with van der Waals surface area (Å²) in [4.78, 5) is 23.5. The molecule has 1 atom stereocenters. The average Bonchev–Trinajstić information content (AvgIpc) is 3.46. The first-order chi connectivity index (χ1) is 11.7. The van der Waals surface area contributed by atoms with Gasteiger partial charge in [0.25, 0.3) is 5.91 Å². The summed E-state index contributed by atoms with van der Waals surface area (Å²) in [6, 6.07) is 7.92. The Morgan fingerprint density at radius 3 is 2.96 bits per heavy atom. The summed E-state index contributed by atoms with van der Waals surface area (Å²) >= 11 is 0. The van der Waals surface area contributed by atoms with Crippen LogP contribution in [0, 0.1) is 5.82 Å². The van der Waals surface area contributed by atoms with Crippen LogP contribution in [0.25, 0.3) is 0 Å². The van der Waals surface area contributed by atoms with Gasteiger partial charge < -0.3 is 10.2 Å². The Bertz CT molecular complexity index is 762. The quantitative estimate of drug-likeness (QED) is 0.940. The highest BCUT2D eigenvalue weighted by molar-refractivity contribution is 5.92. The fraction of sp³-hybridized carbons (Fsp3) is 0.389. The van der Waals surface area contributed by atoms with Crippen LogP contribution in [0.15, 0.2) is 36.5 Å². The predicted octanol–water partition coefficient (Wildman–Crippen LogP) is 2.28. The molecular weight excluding hydrogens is 307 g/mol. The lowest BCUT2D eigenvalue weighted by atomic mass is 10.0. The topological polar surface area (TPSA) is 58.1 Å². The molecule has 1 aromatic heterocycles. The molecule has 1 amide bonds. The molecule has 4 rings (SSSR count). The van der Waals surface area contributed by atoms with Crippen LogP contribution < -0.4 is 5.32 Å². The summed E-state index contributed by atoms with van der Waals surface area (Å²) in [6.07, 6.45) is 3.85. The smallest absolute Gasteiger partial charge is 0.273 e. The fourth-order valence-corrected chi connectivity index (χ4v) is 3.14. The lowest BCUT2D eigenvalue weighted by Gasteiger charge is -2.36. The number of nitrogens with one attached hydrogen (secondary N) is 1. The van der Waals surface area contributed by atoms with E-state index in [2.05, 4.69) is 15.3 Å².